The SMILES string of the molecule is O=C(O)[C@H]1CCCN1C(=O)c1ccc(S(=O)(=O)N2CCCCCC2)cc1. The van der Waals surface area contributed by atoms with Gasteiger partial charge in [-0.1, -0.05) is 12.8 Å². The Hall–Kier alpha value is -1.93. The second-order valence-electron chi connectivity index (χ2n) is 6.84. The average Bonchev–Trinajstić information content (AvgIpc) is 2.96. The number of carbonyl (C=O) groups is 2. The molecule has 3 rings (SSSR count). The number of nitrogens with zero attached hydrogens (tertiary/aromatic N) is 2. The van der Waals surface area contributed by atoms with E-state index >= 15 is 0 Å². The molecular weight excluding hydrogens is 356 g/mol. The Morgan fingerprint density at radius 1 is 0.923 bits per heavy atom. The van der Waals surface area contributed by atoms with E-state index in [9.17, 15) is 23.1 Å². The lowest BCUT2D eigenvalue weighted by molar-refractivity contribution is -0.141. The van der Waals surface area contributed by atoms with Crippen molar-refractivity contribution < 1.29 is 23.1 Å². The topological polar surface area (TPSA) is 95.0 Å². The Kier molecular flexibility index (Phi) is 5.62. The molecule has 0 aliphatic carbocycles. The summed E-state index contributed by atoms with van der Waals surface area (Å²) >= 11 is 0. The van der Waals surface area contributed by atoms with E-state index in [0.29, 0.717) is 38.0 Å². The number of hydrogen-bond acceptors (Lipinski definition) is 4. The maximum atomic E-state index is 12.8. The minimum Gasteiger partial charge on any atom is -0.480 e. The maximum absolute atomic E-state index is 12.8. The summed E-state index contributed by atoms with van der Waals surface area (Å²) in [5.74, 6) is -1.37. The van der Waals surface area contributed by atoms with Gasteiger partial charge in [-0.15, -0.1) is 0 Å². The lowest BCUT2D eigenvalue weighted by Crippen LogP contribution is -2.40. The van der Waals surface area contributed by atoms with Gasteiger partial charge in [0.15, 0.2) is 0 Å². The van der Waals surface area contributed by atoms with Crippen LogP contribution in [0.5, 0.6) is 0 Å². The molecule has 7 nitrogen and oxygen atoms in total. The Balaban J connectivity index is 1.77. The molecule has 2 fully saturated rings. The van der Waals surface area contributed by atoms with Gasteiger partial charge in [0.1, 0.15) is 6.04 Å². The molecule has 0 radical (unpaired) electrons. The second kappa shape index (κ2) is 7.75. The van der Waals surface area contributed by atoms with Gasteiger partial charge >= 0.3 is 5.97 Å². The number of rotatable bonds is 4. The van der Waals surface area contributed by atoms with E-state index < -0.39 is 22.0 Å². The van der Waals surface area contributed by atoms with Gasteiger partial charge in [-0.2, -0.15) is 4.31 Å². The van der Waals surface area contributed by atoms with Gasteiger partial charge in [0, 0.05) is 25.2 Å². The fourth-order valence-corrected chi connectivity index (χ4v) is 5.15. The third-order valence-electron chi connectivity index (χ3n) is 5.10. The van der Waals surface area contributed by atoms with Crippen LogP contribution in [0.1, 0.15) is 48.9 Å². The molecule has 142 valence electrons. The van der Waals surface area contributed by atoms with Crippen LogP contribution in [0, 0.1) is 0 Å². The quantitative estimate of drug-likeness (QED) is 0.861. The van der Waals surface area contributed by atoms with Gasteiger partial charge in [0.25, 0.3) is 5.91 Å². The van der Waals surface area contributed by atoms with Crippen molar-refractivity contribution in [1.82, 2.24) is 9.21 Å². The molecule has 1 N–H and O–H groups in total. The predicted molar refractivity (Wildman–Crippen MR) is 95.4 cm³/mol. The van der Waals surface area contributed by atoms with E-state index in [-0.39, 0.29) is 10.8 Å². The zero-order valence-electron chi connectivity index (χ0n) is 14.6. The van der Waals surface area contributed by atoms with Gasteiger partial charge in [-0.05, 0) is 49.9 Å². The van der Waals surface area contributed by atoms with Crippen molar-refractivity contribution in [3.05, 3.63) is 29.8 Å². The largest absolute Gasteiger partial charge is 0.480 e. The van der Waals surface area contributed by atoms with Gasteiger partial charge < -0.3 is 10.0 Å². The van der Waals surface area contributed by atoms with Crippen LogP contribution >= 0.6 is 0 Å². The molecular formula is C18H24N2O5S. The molecule has 0 bridgehead atoms. The molecule has 26 heavy (non-hydrogen) atoms. The number of sulfonamides is 1. The lowest BCUT2D eigenvalue weighted by atomic mass is 10.1. The highest BCUT2D eigenvalue weighted by molar-refractivity contribution is 7.89. The summed E-state index contributed by atoms with van der Waals surface area (Å²) in [6.45, 7) is 1.46. The van der Waals surface area contributed by atoms with Crippen molar-refractivity contribution in [3.63, 3.8) is 0 Å². The summed E-state index contributed by atoms with van der Waals surface area (Å²) in [6, 6.07) is 5.04. The first-order valence-electron chi connectivity index (χ1n) is 9.05. The predicted octanol–water partition coefficient (Wildman–Crippen LogP) is 1.94. The highest BCUT2D eigenvalue weighted by Gasteiger charge is 2.34. The van der Waals surface area contributed by atoms with E-state index in [1.807, 2.05) is 0 Å². The van der Waals surface area contributed by atoms with Crippen LogP contribution in [0.25, 0.3) is 0 Å². The van der Waals surface area contributed by atoms with Crippen LogP contribution in [0.3, 0.4) is 0 Å². The summed E-state index contributed by atoms with van der Waals surface area (Å²) < 4.78 is 27.1. The van der Waals surface area contributed by atoms with Crippen LogP contribution in [-0.2, 0) is 14.8 Å². The highest BCUT2D eigenvalue weighted by atomic mass is 32.2. The molecule has 1 atom stereocenters. The number of aliphatic carboxylic acids is 1. The first kappa shape index (κ1) is 18.8. The van der Waals surface area contributed by atoms with Crippen molar-refractivity contribution in [2.45, 2.75) is 49.5 Å². The molecule has 2 heterocycles. The highest BCUT2D eigenvalue weighted by Crippen LogP contribution is 2.23. The van der Waals surface area contributed by atoms with Crippen molar-refractivity contribution in [1.29, 1.82) is 0 Å². The van der Waals surface area contributed by atoms with Crippen molar-refractivity contribution in [2.75, 3.05) is 19.6 Å². The first-order valence-corrected chi connectivity index (χ1v) is 10.5. The van der Waals surface area contributed by atoms with Gasteiger partial charge in [-0.3, -0.25) is 4.79 Å². The molecule has 1 amide bonds. The minimum absolute atomic E-state index is 0.173. The molecule has 2 aliphatic heterocycles. The summed E-state index contributed by atoms with van der Waals surface area (Å²) in [5.41, 5.74) is 0.313. The number of carboxylic acids is 1. The van der Waals surface area contributed by atoms with Crippen molar-refractivity contribution in [2.24, 2.45) is 0 Å². The Bertz CT molecular complexity index is 767. The molecule has 1 aromatic rings. The Morgan fingerprint density at radius 2 is 1.54 bits per heavy atom. The van der Waals surface area contributed by atoms with Gasteiger partial charge in [0.05, 0.1) is 4.90 Å². The Labute approximate surface area is 153 Å². The summed E-state index contributed by atoms with van der Waals surface area (Å²) in [5, 5.41) is 9.22. The van der Waals surface area contributed by atoms with Gasteiger partial charge in [0.2, 0.25) is 10.0 Å². The zero-order chi connectivity index (χ0) is 18.7. The first-order chi connectivity index (χ1) is 12.4. The lowest BCUT2D eigenvalue weighted by Gasteiger charge is -2.22. The van der Waals surface area contributed by atoms with E-state index in [4.69, 9.17) is 0 Å². The third kappa shape index (κ3) is 3.76. The number of hydrogen-bond donors (Lipinski definition) is 1. The van der Waals surface area contributed by atoms with Crippen molar-refractivity contribution >= 4 is 21.9 Å². The molecule has 0 spiro atoms. The summed E-state index contributed by atoms with van der Waals surface area (Å²) in [7, 11) is -3.56. The van der Waals surface area contributed by atoms with Crippen LogP contribution in [0.4, 0.5) is 0 Å². The normalized spacial score (nSPS) is 22.2. The standard InChI is InChI=1S/C18H24N2O5S/c21-17(20-13-5-6-16(20)18(22)23)14-7-9-15(10-8-14)26(24,25)19-11-3-1-2-4-12-19/h7-10,16H,1-6,11-13H2,(H,22,23)/t16-/m1/s1. The molecule has 8 heteroatoms. The zero-order valence-corrected chi connectivity index (χ0v) is 15.5. The smallest absolute Gasteiger partial charge is 0.326 e. The van der Waals surface area contributed by atoms with Gasteiger partial charge in [-0.25, -0.2) is 13.2 Å². The van der Waals surface area contributed by atoms with E-state index in [0.717, 1.165) is 25.7 Å². The third-order valence-corrected chi connectivity index (χ3v) is 7.02. The molecule has 2 saturated heterocycles. The number of likely N-dealkylation sites (tertiary alicyclic amines) is 1. The maximum Gasteiger partial charge on any atom is 0.326 e. The summed E-state index contributed by atoms with van der Waals surface area (Å²) in [4.78, 5) is 25.4. The van der Waals surface area contributed by atoms with E-state index in [1.54, 1.807) is 0 Å². The second-order valence-corrected chi connectivity index (χ2v) is 8.78. The number of amides is 1. The van der Waals surface area contributed by atoms with Crippen LogP contribution in [0.2, 0.25) is 0 Å². The molecule has 2 aliphatic rings. The van der Waals surface area contributed by atoms with E-state index in [2.05, 4.69) is 0 Å². The fourth-order valence-electron chi connectivity index (χ4n) is 3.63. The van der Waals surface area contributed by atoms with Crippen LogP contribution < -0.4 is 0 Å². The van der Waals surface area contributed by atoms with Crippen molar-refractivity contribution in [3.8, 4) is 0 Å². The molecule has 1 aromatic carbocycles. The minimum atomic E-state index is -3.56. The van der Waals surface area contributed by atoms with Crippen LogP contribution in [-0.4, -0.2) is 60.3 Å². The number of carbonyl (C=O) groups excluding carboxylic acids is 1. The van der Waals surface area contributed by atoms with Crippen LogP contribution in [0.15, 0.2) is 29.2 Å². The summed E-state index contributed by atoms with van der Waals surface area (Å²) in [6.07, 6.45) is 4.91. The number of carboxylic acid groups (broad SMARTS) is 1. The molecule has 0 saturated carbocycles. The average molecular weight is 380 g/mol. The molecule has 0 unspecified atom stereocenters. The monoisotopic (exact) mass is 380 g/mol. The fraction of sp³-hybridized carbons (Fsp3) is 0.556. The Morgan fingerprint density at radius 3 is 2.12 bits per heavy atom. The van der Waals surface area contributed by atoms with E-state index in [1.165, 1.54) is 33.5 Å². The number of benzene rings is 1. The molecule has 0 aromatic heterocycles.